The lowest BCUT2D eigenvalue weighted by Crippen LogP contribution is -2.40. The second kappa shape index (κ2) is 6.87. The summed E-state index contributed by atoms with van der Waals surface area (Å²) in [4.78, 5) is 12.3. The fourth-order valence-corrected chi connectivity index (χ4v) is 3.05. The highest BCUT2D eigenvalue weighted by Gasteiger charge is 2.28. The molecule has 1 amide bonds. The van der Waals surface area contributed by atoms with E-state index in [-0.39, 0.29) is 23.5 Å². The third kappa shape index (κ3) is 3.73. The van der Waals surface area contributed by atoms with Crippen molar-refractivity contribution >= 4 is 5.91 Å². The zero-order chi connectivity index (χ0) is 16.2. The van der Waals surface area contributed by atoms with Gasteiger partial charge in [-0.15, -0.1) is 5.10 Å². The molecule has 3 N–H and O–H groups in total. The number of amides is 1. The molecule has 0 bridgehead atoms. The largest absolute Gasteiger partial charge is 0.348 e. The number of carbonyl (C=O) groups excluding carboxylic acids is 1. The predicted octanol–water partition coefficient (Wildman–Crippen LogP) is 1.32. The summed E-state index contributed by atoms with van der Waals surface area (Å²) in [6.07, 6.45) is 4.66. The molecule has 1 aliphatic rings. The number of nitrogens with one attached hydrogen (secondary N) is 1. The summed E-state index contributed by atoms with van der Waals surface area (Å²) in [5, 5.41) is 10.8. The van der Waals surface area contributed by atoms with Gasteiger partial charge >= 0.3 is 0 Å². The molecular formula is C16H20FN5O. The highest BCUT2D eigenvalue weighted by molar-refractivity contribution is 5.92. The summed E-state index contributed by atoms with van der Waals surface area (Å²) in [6, 6.07) is 6.38. The van der Waals surface area contributed by atoms with Crippen LogP contribution in [0.15, 0.2) is 30.5 Å². The maximum absolute atomic E-state index is 13.2. The van der Waals surface area contributed by atoms with Crippen molar-refractivity contribution in [1.82, 2.24) is 20.3 Å². The van der Waals surface area contributed by atoms with E-state index in [0.29, 0.717) is 19.0 Å². The van der Waals surface area contributed by atoms with Crippen LogP contribution in [0.2, 0.25) is 0 Å². The Morgan fingerprint density at radius 1 is 1.43 bits per heavy atom. The van der Waals surface area contributed by atoms with Gasteiger partial charge in [0.1, 0.15) is 5.82 Å². The molecular weight excluding hydrogens is 297 g/mol. The fraction of sp³-hybridized carbons (Fsp3) is 0.438. The molecule has 1 saturated carbocycles. The van der Waals surface area contributed by atoms with Crippen molar-refractivity contribution in [3.05, 3.63) is 47.5 Å². The van der Waals surface area contributed by atoms with Crippen LogP contribution in [0.25, 0.3) is 0 Å². The maximum Gasteiger partial charge on any atom is 0.273 e. The van der Waals surface area contributed by atoms with Crippen LogP contribution in [-0.2, 0) is 6.54 Å². The van der Waals surface area contributed by atoms with Gasteiger partial charge in [0.15, 0.2) is 5.69 Å². The molecule has 2 unspecified atom stereocenters. The zero-order valence-electron chi connectivity index (χ0n) is 12.8. The number of nitrogens with zero attached hydrogens (tertiary/aromatic N) is 3. The van der Waals surface area contributed by atoms with Crippen molar-refractivity contribution < 1.29 is 9.18 Å². The highest BCUT2D eigenvalue weighted by Crippen LogP contribution is 2.24. The Morgan fingerprint density at radius 3 is 3.09 bits per heavy atom. The maximum atomic E-state index is 13.2. The first kappa shape index (κ1) is 15.6. The highest BCUT2D eigenvalue weighted by atomic mass is 19.1. The molecule has 0 saturated heterocycles. The first-order valence-electron chi connectivity index (χ1n) is 7.81. The molecule has 0 aliphatic heterocycles. The molecule has 7 heteroatoms. The number of aromatic nitrogens is 3. The second-order valence-electron chi connectivity index (χ2n) is 5.94. The number of hydrogen-bond donors (Lipinski definition) is 2. The van der Waals surface area contributed by atoms with E-state index in [4.69, 9.17) is 5.73 Å². The van der Waals surface area contributed by atoms with Crippen LogP contribution in [0.5, 0.6) is 0 Å². The summed E-state index contributed by atoms with van der Waals surface area (Å²) in [7, 11) is 0. The number of nitrogens with two attached hydrogens (primary N) is 1. The molecule has 1 aliphatic carbocycles. The van der Waals surface area contributed by atoms with Crippen LogP contribution in [0.3, 0.4) is 0 Å². The summed E-state index contributed by atoms with van der Waals surface area (Å²) >= 11 is 0. The topological polar surface area (TPSA) is 85.8 Å². The fourth-order valence-electron chi connectivity index (χ4n) is 3.05. The van der Waals surface area contributed by atoms with E-state index in [1.807, 2.05) is 0 Å². The molecule has 2 aromatic rings. The number of rotatable bonds is 5. The summed E-state index contributed by atoms with van der Waals surface area (Å²) in [6.45, 7) is 0.949. The molecule has 122 valence electrons. The van der Waals surface area contributed by atoms with E-state index in [2.05, 4.69) is 15.6 Å². The molecule has 23 heavy (non-hydrogen) atoms. The standard InChI is InChI=1S/C16H20FN5O/c17-13-5-1-3-11(7-13)9-22-10-15(20-21-22)16(23)19-14-6-2-4-12(14)8-18/h1,3,5,7,10,12,14H,2,4,6,8-9,18H2,(H,19,23). The van der Waals surface area contributed by atoms with E-state index in [1.54, 1.807) is 18.3 Å². The van der Waals surface area contributed by atoms with E-state index >= 15 is 0 Å². The normalized spacial score (nSPS) is 20.6. The number of carbonyl (C=O) groups is 1. The molecule has 1 heterocycles. The van der Waals surface area contributed by atoms with Crippen molar-refractivity contribution in [2.24, 2.45) is 11.7 Å². The van der Waals surface area contributed by atoms with Gasteiger partial charge in [-0.3, -0.25) is 4.79 Å². The zero-order valence-corrected chi connectivity index (χ0v) is 12.8. The molecule has 1 aromatic carbocycles. The van der Waals surface area contributed by atoms with Gasteiger partial charge in [0, 0.05) is 6.04 Å². The van der Waals surface area contributed by atoms with Gasteiger partial charge in [-0.2, -0.15) is 0 Å². The predicted molar refractivity (Wildman–Crippen MR) is 83.2 cm³/mol. The van der Waals surface area contributed by atoms with Gasteiger partial charge in [-0.25, -0.2) is 9.07 Å². The lowest BCUT2D eigenvalue weighted by atomic mass is 10.0. The third-order valence-corrected chi connectivity index (χ3v) is 4.28. The SMILES string of the molecule is NCC1CCCC1NC(=O)c1cn(Cc2cccc(F)c2)nn1. The van der Waals surface area contributed by atoms with Crippen LogP contribution >= 0.6 is 0 Å². The first-order chi connectivity index (χ1) is 11.2. The van der Waals surface area contributed by atoms with Crippen LogP contribution in [0, 0.1) is 11.7 Å². The Balaban J connectivity index is 1.63. The van der Waals surface area contributed by atoms with Gasteiger partial charge in [0.25, 0.3) is 5.91 Å². The van der Waals surface area contributed by atoms with Gasteiger partial charge in [0.05, 0.1) is 12.7 Å². The van der Waals surface area contributed by atoms with Gasteiger partial charge < -0.3 is 11.1 Å². The Kier molecular flexibility index (Phi) is 4.66. The third-order valence-electron chi connectivity index (χ3n) is 4.28. The Labute approximate surface area is 133 Å². The monoisotopic (exact) mass is 317 g/mol. The van der Waals surface area contributed by atoms with E-state index in [0.717, 1.165) is 24.8 Å². The molecule has 0 radical (unpaired) electrons. The summed E-state index contributed by atoms with van der Waals surface area (Å²) in [5.41, 5.74) is 6.76. The minimum Gasteiger partial charge on any atom is -0.348 e. The quantitative estimate of drug-likeness (QED) is 0.871. The summed E-state index contributed by atoms with van der Waals surface area (Å²) in [5.74, 6) is -0.197. The van der Waals surface area contributed by atoms with Crippen LogP contribution in [-0.4, -0.2) is 33.5 Å². The Bertz CT molecular complexity index is 687. The van der Waals surface area contributed by atoms with Gasteiger partial charge in [-0.05, 0) is 43.0 Å². The van der Waals surface area contributed by atoms with Gasteiger partial charge in [-0.1, -0.05) is 23.8 Å². The Hall–Kier alpha value is -2.28. The van der Waals surface area contributed by atoms with Crippen molar-refractivity contribution in [3.8, 4) is 0 Å². The molecule has 6 nitrogen and oxygen atoms in total. The molecule has 0 spiro atoms. The number of hydrogen-bond acceptors (Lipinski definition) is 4. The van der Waals surface area contributed by atoms with E-state index in [1.165, 1.54) is 16.8 Å². The molecule has 3 rings (SSSR count). The number of halogens is 1. The molecule has 1 aromatic heterocycles. The van der Waals surface area contributed by atoms with Crippen molar-refractivity contribution in [2.75, 3.05) is 6.54 Å². The summed E-state index contributed by atoms with van der Waals surface area (Å²) < 4.78 is 14.7. The Morgan fingerprint density at radius 2 is 2.30 bits per heavy atom. The van der Waals surface area contributed by atoms with Crippen LogP contribution in [0.4, 0.5) is 4.39 Å². The van der Waals surface area contributed by atoms with E-state index < -0.39 is 0 Å². The molecule has 1 fully saturated rings. The van der Waals surface area contributed by atoms with Crippen LogP contribution < -0.4 is 11.1 Å². The average Bonchev–Trinajstić information content (AvgIpc) is 3.16. The minimum absolute atomic E-state index is 0.112. The molecule has 2 atom stereocenters. The first-order valence-corrected chi connectivity index (χ1v) is 7.81. The second-order valence-corrected chi connectivity index (χ2v) is 5.94. The van der Waals surface area contributed by atoms with Crippen molar-refractivity contribution in [1.29, 1.82) is 0 Å². The number of benzene rings is 1. The lowest BCUT2D eigenvalue weighted by Gasteiger charge is -2.18. The van der Waals surface area contributed by atoms with Crippen molar-refractivity contribution in [2.45, 2.75) is 31.8 Å². The minimum atomic E-state index is -0.297. The smallest absolute Gasteiger partial charge is 0.273 e. The average molecular weight is 317 g/mol. The van der Waals surface area contributed by atoms with E-state index in [9.17, 15) is 9.18 Å². The van der Waals surface area contributed by atoms with Crippen LogP contribution in [0.1, 0.15) is 35.3 Å². The van der Waals surface area contributed by atoms with Crippen molar-refractivity contribution in [3.63, 3.8) is 0 Å². The lowest BCUT2D eigenvalue weighted by molar-refractivity contribution is 0.0923. The van der Waals surface area contributed by atoms with Gasteiger partial charge in [0.2, 0.25) is 0 Å².